The van der Waals surface area contributed by atoms with Crippen LogP contribution in [0.3, 0.4) is 0 Å². The van der Waals surface area contributed by atoms with Gasteiger partial charge in [-0.1, -0.05) is 0 Å². The highest BCUT2D eigenvalue weighted by Gasteiger charge is 2.15. The lowest BCUT2D eigenvalue weighted by Gasteiger charge is -2.05. The van der Waals surface area contributed by atoms with Crippen molar-refractivity contribution in [1.82, 2.24) is 4.98 Å². The Morgan fingerprint density at radius 2 is 1.86 bits per heavy atom. The highest BCUT2D eigenvalue weighted by atomic mass is 16.6. The van der Waals surface area contributed by atoms with Gasteiger partial charge in [-0.05, 0) is 24.3 Å². The highest BCUT2D eigenvalue weighted by Crippen LogP contribution is 2.34. The van der Waals surface area contributed by atoms with Gasteiger partial charge < -0.3 is 9.15 Å². The van der Waals surface area contributed by atoms with E-state index in [0.29, 0.717) is 28.7 Å². The predicted molar refractivity (Wildman–Crippen MR) is 99.5 cm³/mol. The van der Waals surface area contributed by atoms with Crippen LogP contribution < -0.4 is 10.2 Å². The van der Waals surface area contributed by atoms with Gasteiger partial charge in [-0.15, -0.1) is 0 Å². The number of hydrogen-bond donors (Lipinski definition) is 1. The van der Waals surface area contributed by atoms with Crippen molar-refractivity contribution >= 4 is 23.4 Å². The van der Waals surface area contributed by atoms with Crippen LogP contribution in [0.5, 0.6) is 5.75 Å². The average Bonchev–Trinajstić information content (AvgIpc) is 3.16. The first-order chi connectivity index (χ1) is 13.5. The second kappa shape index (κ2) is 7.95. The lowest BCUT2D eigenvalue weighted by molar-refractivity contribution is -0.385. The monoisotopic (exact) mass is 383 g/mol. The molecular formula is C17H13N5O6. The highest BCUT2D eigenvalue weighted by molar-refractivity contribution is 5.79. The third kappa shape index (κ3) is 4.09. The molecule has 0 unspecified atom stereocenters. The number of nitro benzene ring substituents is 1. The number of benzene rings is 1. The lowest BCUT2D eigenvalue weighted by Crippen LogP contribution is -1.94. The first-order valence-electron chi connectivity index (χ1n) is 7.80. The van der Waals surface area contributed by atoms with Crippen LogP contribution in [0.4, 0.5) is 17.2 Å². The molecule has 142 valence electrons. The summed E-state index contributed by atoms with van der Waals surface area (Å²) in [5, 5.41) is 25.4. The molecule has 0 aliphatic heterocycles. The molecule has 11 nitrogen and oxygen atoms in total. The first-order valence-corrected chi connectivity index (χ1v) is 7.80. The summed E-state index contributed by atoms with van der Waals surface area (Å²) in [7, 11) is 1.41. The van der Waals surface area contributed by atoms with E-state index in [4.69, 9.17) is 9.15 Å². The van der Waals surface area contributed by atoms with Gasteiger partial charge in [0.15, 0.2) is 0 Å². The number of furan rings is 1. The number of nitrogens with one attached hydrogen (secondary N) is 1. The molecule has 3 aromatic rings. The van der Waals surface area contributed by atoms with E-state index in [1.807, 2.05) is 0 Å². The molecule has 1 N–H and O–H groups in total. The maximum Gasteiger partial charge on any atom is 0.287 e. The molecular weight excluding hydrogens is 370 g/mol. The molecule has 3 rings (SSSR count). The molecule has 0 fully saturated rings. The zero-order valence-corrected chi connectivity index (χ0v) is 14.4. The Hall–Kier alpha value is -4.28. The molecule has 0 atom stereocenters. The number of hydrogen-bond acceptors (Lipinski definition) is 9. The van der Waals surface area contributed by atoms with E-state index >= 15 is 0 Å². The third-order valence-corrected chi connectivity index (χ3v) is 3.62. The topological polar surface area (TPSA) is 146 Å². The Bertz CT molecular complexity index is 1040. The second-order valence-corrected chi connectivity index (χ2v) is 5.37. The van der Waals surface area contributed by atoms with Gasteiger partial charge in [0, 0.05) is 12.1 Å². The largest absolute Gasteiger partial charge is 0.496 e. The maximum absolute atomic E-state index is 10.9. The Morgan fingerprint density at radius 1 is 1.11 bits per heavy atom. The fourth-order valence-corrected chi connectivity index (χ4v) is 2.29. The maximum atomic E-state index is 10.9. The van der Waals surface area contributed by atoms with Crippen LogP contribution in [0.15, 0.2) is 58.2 Å². The normalized spacial score (nSPS) is 10.8. The zero-order valence-electron chi connectivity index (χ0n) is 14.4. The summed E-state index contributed by atoms with van der Waals surface area (Å²) in [5.74, 6) is 1.48. The molecule has 11 heteroatoms. The molecule has 0 aliphatic rings. The number of rotatable bonds is 7. The zero-order chi connectivity index (χ0) is 20.1. The van der Waals surface area contributed by atoms with E-state index in [9.17, 15) is 20.2 Å². The minimum Gasteiger partial charge on any atom is -0.496 e. The number of aromatic nitrogens is 1. The van der Waals surface area contributed by atoms with Gasteiger partial charge in [-0.3, -0.25) is 25.7 Å². The smallest absolute Gasteiger partial charge is 0.287 e. The summed E-state index contributed by atoms with van der Waals surface area (Å²) in [6.45, 7) is 0. The summed E-state index contributed by atoms with van der Waals surface area (Å²) in [5.41, 5.74) is 2.97. The summed E-state index contributed by atoms with van der Waals surface area (Å²) >= 11 is 0. The van der Waals surface area contributed by atoms with Gasteiger partial charge in [-0.2, -0.15) is 5.10 Å². The van der Waals surface area contributed by atoms with Crippen molar-refractivity contribution < 1.29 is 19.0 Å². The number of nitro groups is 2. The fourth-order valence-electron chi connectivity index (χ4n) is 2.29. The molecule has 0 aliphatic carbocycles. The predicted octanol–water partition coefficient (Wildman–Crippen LogP) is 3.61. The van der Waals surface area contributed by atoms with Crippen LogP contribution in [0.25, 0.3) is 11.3 Å². The average molecular weight is 383 g/mol. The molecule has 0 saturated heterocycles. The third-order valence-electron chi connectivity index (χ3n) is 3.62. The van der Waals surface area contributed by atoms with Crippen LogP contribution in [-0.4, -0.2) is 28.2 Å². The van der Waals surface area contributed by atoms with Gasteiger partial charge in [0.05, 0.1) is 34.8 Å². The first kappa shape index (κ1) is 18.5. The van der Waals surface area contributed by atoms with E-state index in [0.717, 1.165) is 6.20 Å². The van der Waals surface area contributed by atoms with E-state index in [-0.39, 0.29) is 11.4 Å². The summed E-state index contributed by atoms with van der Waals surface area (Å²) in [6.07, 6.45) is 2.51. The molecule has 0 saturated carbocycles. The Balaban J connectivity index is 1.72. The van der Waals surface area contributed by atoms with Crippen molar-refractivity contribution in [2.45, 2.75) is 0 Å². The number of methoxy groups -OCH3 is 1. The van der Waals surface area contributed by atoms with Crippen LogP contribution in [-0.2, 0) is 0 Å². The van der Waals surface area contributed by atoms with Gasteiger partial charge in [0.25, 0.3) is 11.4 Å². The Morgan fingerprint density at radius 3 is 2.50 bits per heavy atom. The van der Waals surface area contributed by atoms with Crippen LogP contribution in [0.1, 0.15) is 5.76 Å². The van der Waals surface area contributed by atoms with Crippen LogP contribution in [0.2, 0.25) is 0 Å². The van der Waals surface area contributed by atoms with Crippen molar-refractivity contribution in [2.75, 3.05) is 12.5 Å². The van der Waals surface area contributed by atoms with E-state index in [1.54, 1.807) is 12.1 Å². The molecule has 2 aromatic heterocycles. The molecule has 0 spiro atoms. The molecule has 0 amide bonds. The number of anilines is 1. The van der Waals surface area contributed by atoms with E-state index in [2.05, 4.69) is 15.5 Å². The molecule has 0 radical (unpaired) electrons. The van der Waals surface area contributed by atoms with Crippen molar-refractivity contribution in [1.29, 1.82) is 0 Å². The van der Waals surface area contributed by atoms with Crippen LogP contribution >= 0.6 is 0 Å². The number of non-ortho nitro benzene ring substituents is 1. The fraction of sp³-hybridized carbons (Fsp3) is 0.0588. The number of ether oxygens (including phenoxy) is 1. The van der Waals surface area contributed by atoms with Gasteiger partial charge in [0.1, 0.15) is 29.3 Å². The minimum atomic E-state index is -0.545. The SMILES string of the molecule is COc1cc([N+](=O)[O-])ccc1-c1ccc(/C=N/Nc2ccc([N+](=O)[O-])cn2)o1. The molecule has 1 aromatic carbocycles. The van der Waals surface area contributed by atoms with Crippen molar-refractivity contribution in [2.24, 2.45) is 5.10 Å². The Kier molecular flexibility index (Phi) is 5.25. The van der Waals surface area contributed by atoms with Crippen molar-refractivity contribution in [3.8, 4) is 17.1 Å². The van der Waals surface area contributed by atoms with Crippen molar-refractivity contribution in [3.05, 3.63) is 74.7 Å². The van der Waals surface area contributed by atoms with E-state index < -0.39 is 9.85 Å². The summed E-state index contributed by atoms with van der Waals surface area (Å²) in [4.78, 5) is 24.3. The van der Waals surface area contributed by atoms with E-state index in [1.165, 1.54) is 43.7 Å². The summed E-state index contributed by atoms with van der Waals surface area (Å²) in [6, 6.07) is 10.3. The molecule has 28 heavy (non-hydrogen) atoms. The number of pyridine rings is 1. The summed E-state index contributed by atoms with van der Waals surface area (Å²) < 4.78 is 10.9. The molecule has 0 bridgehead atoms. The lowest BCUT2D eigenvalue weighted by atomic mass is 10.1. The van der Waals surface area contributed by atoms with Gasteiger partial charge >= 0.3 is 0 Å². The minimum absolute atomic E-state index is 0.0891. The van der Waals surface area contributed by atoms with Crippen molar-refractivity contribution in [3.63, 3.8) is 0 Å². The van der Waals surface area contributed by atoms with Crippen LogP contribution in [0, 0.1) is 20.2 Å². The van der Waals surface area contributed by atoms with Gasteiger partial charge in [0.2, 0.25) is 0 Å². The number of hydrazone groups is 1. The van der Waals surface area contributed by atoms with Gasteiger partial charge in [-0.25, -0.2) is 4.98 Å². The number of nitrogens with zero attached hydrogens (tertiary/aromatic N) is 4. The second-order valence-electron chi connectivity index (χ2n) is 5.37. The standard InChI is InChI=1S/C17H13N5O6/c1-27-16-8-11(21(23)24)2-5-14(16)15-6-4-13(28-15)10-19-20-17-7-3-12(9-18-17)22(25)26/h2-10H,1H3,(H,18,20)/b19-10+. The Labute approximate surface area is 157 Å². The molecule has 2 heterocycles. The quantitative estimate of drug-likeness (QED) is 0.370.